The first-order chi connectivity index (χ1) is 13.1. The van der Waals surface area contributed by atoms with Crippen LogP contribution in [0.3, 0.4) is 0 Å². The number of hydrazine groups is 3. The number of hydrogen-bond acceptors (Lipinski definition) is 6. The number of Topliss-reactive ketones (excluding diaryl/α,β-unsaturated/α-hetero) is 1. The van der Waals surface area contributed by atoms with Crippen molar-refractivity contribution in [2.75, 3.05) is 0 Å². The average Bonchev–Trinajstić information content (AvgIpc) is 3.22. The van der Waals surface area contributed by atoms with Crippen molar-refractivity contribution in [3.05, 3.63) is 77.6 Å². The maximum atomic E-state index is 11.9. The van der Waals surface area contributed by atoms with Crippen LogP contribution in [0.2, 0.25) is 0 Å². The first kappa shape index (κ1) is 17.5. The summed E-state index contributed by atoms with van der Waals surface area (Å²) in [6.45, 7) is 3.60. The highest BCUT2D eigenvalue weighted by atomic mass is 16.1. The quantitative estimate of drug-likeness (QED) is 0.537. The highest BCUT2D eigenvalue weighted by Crippen LogP contribution is 2.32. The van der Waals surface area contributed by atoms with Crippen molar-refractivity contribution in [3.8, 4) is 22.3 Å². The zero-order valence-corrected chi connectivity index (χ0v) is 15.2. The molecule has 1 aliphatic heterocycles. The fourth-order valence-corrected chi connectivity index (χ4v) is 3.46. The Morgan fingerprint density at radius 2 is 1.52 bits per heavy atom. The van der Waals surface area contributed by atoms with Gasteiger partial charge in [0, 0.05) is 23.0 Å². The molecule has 0 atom stereocenters. The standard InChI is InChI=1S/C21H21N5O/c1-13-20(21-23-25-26-24-21)19(11-12-22-13)16-9-7-15(8-10-16)18-6-4-3-5-17(18)14(2)27/h3-12,21,23-26H,1-2H3. The van der Waals surface area contributed by atoms with Crippen LogP contribution in [-0.4, -0.2) is 10.8 Å². The Balaban J connectivity index is 1.74. The molecule has 0 saturated carbocycles. The van der Waals surface area contributed by atoms with E-state index in [2.05, 4.69) is 51.2 Å². The van der Waals surface area contributed by atoms with E-state index in [4.69, 9.17) is 0 Å². The fraction of sp³-hybridized carbons (Fsp3) is 0.143. The van der Waals surface area contributed by atoms with Crippen LogP contribution in [0, 0.1) is 6.92 Å². The Morgan fingerprint density at radius 1 is 0.889 bits per heavy atom. The molecule has 0 spiro atoms. The summed E-state index contributed by atoms with van der Waals surface area (Å²) in [6.07, 6.45) is 1.73. The lowest BCUT2D eigenvalue weighted by atomic mass is 9.93. The average molecular weight is 359 g/mol. The Labute approximate surface area is 157 Å². The second kappa shape index (κ2) is 7.38. The van der Waals surface area contributed by atoms with Crippen LogP contribution >= 0.6 is 0 Å². The number of hydrogen-bond donors (Lipinski definition) is 4. The third kappa shape index (κ3) is 3.39. The fourth-order valence-electron chi connectivity index (χ4n) is 3.46. The number of carbonyl (C=O) groups is 1. The van der Waals surface area contributed by atoms with Crippen LogP contribution in [0.5, 0.6) is 0 Å². The third-order valence-corrected chi connectivity index (χ3v) is 4.79. The molecule has 4 N–H and O–H groups in total. The number of nitrogens with zero attached hydrogens (tertiary/aromatic N) is 1. The van der Waals surface area contributed by atoms with Gasteiger partial charge in [0.05, 0.1) is 0 Å². The summed E-state index contributed by atoms with van der Waals surface area (Å²) in [7, 11) is 0. The Hall–Kier alpha value is -2.90. The van der Waals surface area contributed by atoms with Gasteiger partial charge in [-0.2, -0.15) is 11.1 Å². The third-order valence-electron chi connectivity index (χ3n) is 4.79. The van der Waals surface area contributed by atoms with E-state index in [0.29, 0.717) is 0 Å². The molecule has 136 valence electrons. The summed E-state index contributed by atoms with van der Waals surface area (Å²) in [4.78, 5) is 16.4. The number of benzene rings is 2. The number of rotatable bonds is 4. The van der Waals surface area contributed by atoms with E-state index in [9.17, 15) is 4.79 Å². The SMILES string of the molecule is CC(=O)c1ccccc1-c1ccc(-c2ccnc(C)c2C2NNNN2)cc1. The number of carbonyl (C=O) groups excluding carboxylic acids is 1. The molecule has 4 rings (SSSR count). The highest BCUT2D eigenvalue weighted by molar-refractivity contribution is 6.00. The van der Waals surface area contributed by atoms with Gasteiger partial charge in [0.2, 0.25) is 0 Å². The van der Waals surface area contributed by atoms with E-state index < -0.39 is 0 Å². The molecule has 3 aromatic rings. The van der Waals surface area contributed by atoms with Crippen molar-refractivity contribution >= 4 is 5.78 Å². The first-order valence-corrected chi connectivity index (χ1v) is 8.82. The molecule has 6 nitrogen and oxygen atoms in total. The molecule has 0 radical (unpaired) electrons. The van der Waals surface area contributed by atoms with Crippen LogP contribution in [0.15, 0.2) is 60.8 Å². The highest BCUT2D eigenvalue weighted by Gasteiger charge is 2.21. The monoisotopic (exact) mass is 359 g/mol. The van der Waals surface area contributed by atoms with E-state index in [-0.39, 0.29) is 11.9 Å². The van der Waals surface area contributed by atoms with E-state index in [1.54, 1.807) is 6.92 Å². The molecule has 1 aromatic heterocycles. The second-order valence-electron chi connectivity index (χ2n) is 6.51. The summed E-state index contributed by atoms with van der Waals surface area (Å²) >= 11 is 0. The van der Waals surface area contributed by atoms with Crippen LogP contribution < -0.4 is 21.9 Å². The van der Waals surface area contributed by atoms with Crippen molar-refractivity contribution < 1.29 is 4.79 Å². The first-order valence-electron chi connectivity index (χ1n) is 8.82. The van der Waals surface area contributed by atoms with Crippen molar-refractivity contribution in [2.24, 2.45) is 0 Å². The zero-order valence-electron chi connectivity index (χ0n) is 15.2. The number of ketones is 1. The lowest BCUT2D eigenvalue weighted by Crippen LogP contribution is -2.33. The molecule has 0 aliphatic carbocycles. The van der Waals surface area contributed by atoms with Crippen LogP contribution in [0.4, 0.5) is 0 Å². The van der Waals surface area contributed by atoms with Crippen molar-refractivity contribution in [3.63, 3.8) is 0 Å². The maximum Gasteiger partial charge on any atom is 0.160 e. The second-order valence-corrected chi connectivity index (χ2v) is 6.51. The maximum absolute atomic E-state index is 11.9. The van der Waals surface area contributed by atoms with Crippen molar-refractivity contribution in [1.29, 1.82) is 0 Å². The molecule has 1 fully saturated rings. The number of aromatic nitrogens is 1. The minimum absolute atomic E-state index is 0.0695. The summed E-state index contributed by atoms with van der Waals surface area (Å²) in [6, 6.07) is 18.0. The van der Waals surface area contributed by atoms with Gasteiger partial charge < -0.3 is 0 Å². The van der Waals surface area contributed by atoms with Crippen molar-refractivity contribution in [2.45, 2.75) is 20.0 Å². The molecule has 6 heteroatoms. The Kier molecular flexibility index (Phi) is 4.79. The van der Waals surface area contributed by atoms with Gasteiger partial charge in [-0.3, -0.25) is 9.78 Å². The predicted molar refractivity (Wildman–Crippen MR) is 105 cm³/mol. The van der Waals surface area contributed by atoms with Gasteiger partial charge in [-0.1, -0.05) is 48.5 Å². The van der Waals surface area contributed by atoms with Gasteiger partial charge >= 0.3 is 0 Å². The molecule has 1 aliphatic rings. The Bertz CT molecular complexity index is 978. The summed E-state index contributed by atoms with van der Waals surface area (Å²) in [5.74, 6) is 0.0695. The van der Waals surface area contributed by atoms with Crippen molar-refractivity contribution in [1.82, 2.24) is 26.9 Å². The van der Waals surface area contributed by atoms with E-state index in [1.165, 1.54) is 0 Å². The van der Waals surface area contributed by atoms with Gasteiger partial charge in [-0.15, -0.1) is 0 Å². The topological polar surface area (TPSA) is 78.1 Å². The number of pyridine rings is 1. The van der Waals surface area contributed by atoms with Crippen LogP contribution in [-0.2, 0) is 0 Å². The molecule has 27 heavy (non-hydrogen) atoms. The normalized spacial score (nSPS) is 14.4. The smallest absolute Gasteiger partial charge is 0.160 e. The van der Waals surface area contributed by atoms with E-state index in [1.807, 2.05) is 43.5 Å². The van der Waals surface area contributed by atoms with Gasteiger partial charge in [-0.25, -0.2) is 10.9 Å². The summed E-state index contributed by atoms with van der Waals surface area (Å²) in [5, 5.41) is 0. The van der Waals surface area contributed by atoms with Gasteiger partial charge in [0.15, 0.2) is 5.78 Å². The molecule has 0 bridgehead atoms. The van der Waals surface area contributed by atoms with E-state index >= 15 is 0 Å². The van der Waals surface area contributed by atoms with Gasteiger partial charge in [0.1, 0.15) is 6.17 Å². The minimum atomic E-state index is -0.0909. The lowest BCUT2D eigenvalue weighted by molar-refractivity contribution is 0.101. The summed E-state index contributed by atoms with van der Waals surface area (Å²) in [5.41, 5.74) is 18.9. The Morgan fingerprint density at radius 3 is 2.19 bits per heavy atom. The lowest BCUT2D eigenvalue weighted by Gasteiger charge is -2.17. The largest absolute Gasteiger partial charge is 0.294 e. The molecular formula is C21H21N5O. The molecule has 2 aromatic carbocycles. The molecule has 0 unspecified atom stereocenters. The number of nitrogens with one attached hydrogen (secondary N) is 4. The zero-order chi connectivity index (χ0) is 18.8. The molecule has 0 amide bonds. The van der Waals surface area contributed by atoms with Crippen LogP contribution in [0.1, 0.15) is 34.7 Å². The number of aryl methyl sites for hydroxylation is 1. The predicted octanol–water partition coefficient (Wildman–Crippen LogP) is 3.04. The van der Waals surface area contributed by atoms with Crippen LogP contribution in [0.25, 0.3) is 22.3 Å². The van der Waals surface area contributed by atoms with Gasteiger partial charge in [-0.05, 0) is 42.2 Å². The van der Waals surface area contributed by atoms with E-state index in [0.717, 1.165) is 39.1 Å². The minimum Gasteiger partial charge on any atom is -0.294 e. The molecule has 2 heterocycles. The molecule has 1 saturated heterocycles. The van der Waals surface area contributed by atoms with Gasteiger partial charge in [0.25, 0.3) is 0 Å². The molecular weight excluding hydrogens is 338 g/mol. The summed E-state index contributed by atoms with van der Waals surface area (Å²) < 4.78 is 0.